The third-order valence-corrected chi connectivity index (χ3v) is 4.65. The van der Waals surface area contributed by atoms with Crippen LogP contribution in [0.2, 0.25) is 0 Å². The SMILES string of the molecule is Cl.O=C1CC(C(=O)N(Cc2ccccn2)C2CCCNCC2)CN1. The number of hydrogen-bond donors (Lipinski definition) is 2. The second-order valence-corrected chi connectivity index (χ2v) is 6.33. The number of halogens is 1. The van der Waals surface area contributed by atoms with Crippen molar-refractivity contribution in [1.82, 2.24) is 20.5 Å². The summed E-state index contributed by atoms with van der Waals surface area (Å²) >= 11 is 0. The summed E-state index contributed by atoms with van der Waals surface area (Å²) in [6, 6.07) is 5.99. The smallest absolute Gasteiger partial charge is 0.228 e. The van der Waals surface area contributed by atoms with E-state index in [4.69, 9.17) is 0 Å². The van der Waals surface area contributed by atoms with E-state index in [9.17, 15) is 9.59 Å². The molecule has 2 amide bonds. The van der Waals surface area contributed by atoms with Gasteiger partial charge in [-0.15, -0.1) is 12.4 Å². The van der Waals surface area contributed by atoms with Crippen LogP contribution in [-0.4, -0.2) is 47.4 Å². The molecule has 0 bridgehead atoms. The molecule has 2 N–H and O–H groups in total. The van der Waals surface area contributed by atoms with Crippen molar-refractivity contribution in [2.45, 2.75) is 38.3 Å². The van der Waals surface area contributed by atoms with E-state index < -0.39 is 0 Å². The molecule has 6 nitrogen and oxygen atoms in total. The predicted molar refractivity (Wildman–Crippen MR) is 93.7 cm³/mol. The predicted octanol–water partition coefficient (Wildman–Crippen LogP) is 1.11. The molecule has 2 fully saturated rings. The molecule has 7 heteroatoms. The number of pyridine rings is 1. The Kier molecular flexibility index (Phi) is 6.99. The fraction of sp³-hybridized carbons (Fsp3) is 0.588. The summed E-state index contributed by atoms with van der Waals surface area (Å²) in [7, 11) is 0. The van der Waals surface area contributed by atoms with E-state index >= 15 is 0 Å². The van der Waals surface area contributed by atoms with Crippen molar-refractivity contribution in [2.75, 3.05) is 19.6 Å². The van der Waals surface area contributed by atoms with Crippen molar-refractivity contribution in [3.05, 3.63) is 30.1 Å². The van der Waals surface area contributed by atoms with Crippen LogP contribution in [0.4, 0.5) is 0 Å². The summed E-state index contributed by atoms with van der Waals surface area (Å²) in [5.74, 6) is -0.174. The van der Waals surface area contributed by atoms with Crippen molar-refractivity contribution in [3.63, 3.8) is 0 Å². The minimum absolute atomic E-state index is 0. The van der Waals surface area contributed by atoms with E-state index in [1.807, 2.05) is 23.1 Å². The van der Waals surface area contributed by atoms with Crippen LogP contribution >= 0.6 is 12.4 Å². The summed E-state index contributed by atoms with van der Waals surface area (Å²) < 4.78 is 0. The van der Waals surface area contributed by atoms with Crippen LogP contribution in [0.3, 0.4) is 0 Å². The van der Waals surface area contributed by atoms with Crippen molar-refractivity contribution in [2.24, 2.45) is 5.92 Å². The molecule has 2 aliphatic rings. The average molecular weight is 353 g/mol. The van der Waals surface area contributed by atoms with Crippen LogP contribution in [0.1, 0.15) is 31.4 Å². The van der Waals surface area contributed by atoms with Gasteiger partial charge in [0.2, 0.25) is 11.8 Å². The number of amides is 2. The molecule has 24 heavy (non-hydrogen) atoms. The lowest BCUT2D eigenvalue weighted by molar-refractivity contribution is -0.139. The normalized spacial score (nSPS) is 23.8. The van der Waals surface area contributed by atoms with Gasteiger partial charge >= 0.3 is 0 Å². The van der Waals surface area contributed by atoms with Gasteiger partial charge in [-0.3, -0.25) is 14.6 Å². The van der Waals surface area contributed by atoms with Gasteiger partial charge in [0.15, 0.2) is 0 Å². The molecular formula is C17H25ClN4O2. The summed E-state index contributed by atoms with van der Waals surface area (Å²) in [6.07, 6.45) is 5.08. The third-order valence-electron chi connectivity index (χ3n) is 4.65. The standard InChI is InChI=1S/C17H24N4O2.ClH/c22-16-10-13(11-20-16)17(23)21(12-14-4-1-2-8-19-14)15-5-3-7-18-9-6-15;/h1-2,4,8,13,15,18H,3,5-7,9-12H2,(H,20,22);1H. The number of nitrogens with zero attached hydrogens (tertiary/aromatic N) is 2. The molecule has 0 aliphatic carbocycles. The molecule has 2 aliphatic heterocycles. The van der Waals surface area contributed by atoms with Crippen molar-refractivity contribution in [1.29, 1.82) is 0 Å². The highest BCUT2D eigenvalue weighted by Gasteiger charge is 2.34. The lowest BCUT2D eigenvalue weighted by Crippen LogP contribution is -2.44. The molecule has 0 spiro atoms. The quantitative estimate of drug-likeness (QED) is 0.851. The highest BCUT2D eigenvalue weighted by molar-refractivity contribution is 5.89. The maximum atomic E-state index is 13.0. The number of carbonyl (C=O) groups excluding carboxylic acids is 2. The Morgan fingerprint density at radius 1 is 1.29 bits per heavy atom. The Balaban J connectivity index is 0.00000208. The van der Waals surface area contributed by atoms with Crippen molar-refractivity contribution in [3.8, 4) is 0 Å². The topological polar surface area (TPSA) is 74.3 Å². The zero-order chi connectivity index (χ0) is 16.1. The van der Waals surface area contributed by atoms with E-state index in [0.717, 1.165) is 38.0 Å². The lowest BCUT2D eigenvalue weighted by atomic mass is 10.0. The maximum absolute atomic E-state index is 13.0. The van der Waals surface area contributed by atoms with Gasteiger partial charge in [0.05, 0.1) is 18.2 Å². The van der Waals surface area contributed by atoms with Crippen LogP contribution in [0.5, 0.6) is 0 Å². The summed E-state index contributed by atoms with van der Waals surface area (Å²) in [6.45, 7) is 2.92. The number of aromatic nitrogens is 1. The number of hydrogen-bond acceptors (Lipinski definition) is 4. The van der Waals surface area contributed by atoms with Gasteiger partial charge in [-0.25, -0.2) is 0 Å². The zero-order valence-corrected chi connectivity index (χ0v) is 14.6. The molecule has 2 atom stereocenters. The summed E-state index contributed by atoms with van der Waals surface area (Å²) in [4.78, 5) is 30.8. The first-order chi connectivity index (χ1) is 11.2. The van der Waals surface area contributed by atoms with E-state index in [1.54, 1.807) is 6.20 Å². The first kappa shape index (κ1) is 18.7. The highest BCUT2D eigenvalue weighted by Crippen LogP contribution is 2.21. The molecule has 3 rings (SSSR count). The molecule has 3 heterocycles. The molecule has 2 unspecified atom stereocenters. The largest absolute Gasteiger partial charge is 0.355 e. The van der Waals surface area contributed by atoms with E-state index in [-0.39, 0.29) is 36.2 Å². The van der Waals surface area contributed by atoms with Crippen LogP contribution in [0, 0.1) is 5.92 Å². The van der Waals surface area contributed by atoms with Crippen molar-refractivity contribution < 1.29 is 9.59 Å². The van der Waals surface area contributed by atoms with E-state index in [1.165, 1.54) is 0 Å². The maximum Gasteiger partial charge on any atom is 0.228 e. The first-order valence-corrected chi connectivity index (χ1v) is 8.42. The molecular weight excluding hydrogens is 328 g/mol. The Labute approximate surface area is 148 Å². The van der Waals surface area contributed by atoms with E-state index in [2.05, 4.69) is 15.6 Å². The second kappa shape index (κ2) is 8.99. The molecule has 0 radical (unpaired) electrons. The van der Waals surface area contributed by atoms with Gasteiger partial charge in [0.1, 0.15) is 0 Å². The Morgan fingerprint density at radius 3 is 2.88 bits per heavy atom. The Hall–Kier alpha value is -1.66. The zero-order valence-electron chi connectivity index (χ0n) is 13.7. The molecule has 1 aromatic heterocycles. The van der Waals surface area contributed by atoms with Crippen LogP contribution < -0.4 is 10.6 Å². The second-order valence-electron chi connectivity index (χ2n) is 6.33. The van der Waals surface area contributed by atoms with E-state index in [0.29, 0.717) is 19.5 Å². The first-order valence-electron chi connectivity index (χ1n) is 8.42. The lowest BCUT2D eigenvalue weighted by Gasteiger charge is -2.32. The fourth-order valence-electron chi connectivity index (χ4n) is 3.38. The van der Waals surface area contributed by atoms with Gasteiger partial charge in [-0.1, -0.05) is 6.07 Å². The Morgan fingerprint density at radius 2 is 2.17 bits per heavy atom. The van der Waals surface area contributed by atoms with Gasteiger partial charge < -0.3 is 15.5 Å². The van der Waals surface area contributed by atoms with Gasteiger partial charge in [0.25, 0.3) is 0 Å². The van der Waals surface area contributed by atoms with Crippen LogP contribution in [0.15, 0.2) is 24.4 Å². The number of nitrogens with one attached hydrogen (secondary N) is 2. The van der Waals surface area contributed by atoms with Crippen molar-refractivity contribution >= 4 is 24.2 Å². The summed E-state index contributed by atoms with van der Waals surface area (Å²) in [5, 5.41) is 6.16. The van der Waals surface area contributed by atoms with Gasteiger partial charge in [0, 0.05) is 25.2 Å². The van der Waals surface area contributed by atoms with Gasteiger partial charge in [-0.2, -0.15) is 0 Å². The minimum Gasteiger partial charge on any atom is -0.355 e. The fourth-order valence-corrected chi connectivity index (χ4v) is 3.38. The molecule has 0 aromatic carbocycles. The minimum atomic E-state index is -0.234. The third kappa shape index (κ3) is 4.68. The van der Waals surface area contributed by atoms with Gasteiger partial charge in [-0.05, 0) is 44.5 Å². The monoisotopic (exact) mass is 352 g/mol. The van der Waals surface area contributed by atoms with Crippen LogP contribution in [-0.2, 0) is 16.1 Å². The highest BCUT2D eigenvalue weighted by atomic mass is 35.5. The number of rotatable bonds is 4. The Bertz CT molecular complexity index is 547. The summed E-state index contributed by atoms with van der Waals surface area (Å²) in [5.41, 5.74) is 0.898. The molecule has 1 aromatic rings. The average Bonchev–Trinajstić information content (AvgIpc) is 2.84. The van der Waals surface area contributed by atoms with Crippen LogP contribution in [0.25, 0.3) is 0 Å². The molecule has 0 saturated carbocycles. The molecule has 2 saturated heterocycles. The number of carbonyl (C=O) groups is 2. The molecule has 132 valence electrons.